The van der Waals surface area contributed by atoms with Crippen LogP contribution in [-0.4, -0.2) is 16.1 Å². The minimum atomic E-state index is -1.11. The zero-order valence-electron chi connectivity index (χ0n) is 14.0. The van der Waals surface area contributed by atoms with Gasteiger partial charge in [-0.3, -0.25) is 0 Å². The molecular weight excluding hydrogens is 248 g/mol. The minimum absolute atomic E-state index is 1.11. The summed E-state index contributed by atoms with van der Waals surface area (Å²) in [5.74, 6) is 0. The molecule has 106 valence electrons. The third-order valence-electron chi connectivity index (χ3n) is 2.67. The van der Waals surface area contributed by atoms with Crippen molar-refractivity contribution in [2.75, 3.05) is 0 Å². The molecule has 0 heterocycles. The molecule has 0 spiro atoms. The lowest BCUT2D eigenvalue weighted by Crippen LogP contribution is -2.20. The molecule has 0 unspecified atom stereocenters. The van der Waals surface area contributed by atoms with Crippen molar-refractivity contribution in [2.24, 2.45) is 0 Å². The fourth-order valence-corrected chi connectivity index (χ4v) is 4.99. The van der Waals surface area contributed by atoms with E-state index in [1.54, 1.807) is 11.1 Å². The van der Waals surface area contributed by atoms with E-state index in [9.17, 15) is 0 Å². The average molecular weight is 283 g/mol. The molecule has 0 aromatic rings. The van der Waals surface area contributed by atoms with E-state index >= 15 is 0 Å². The van der Waals surface area contributed by atoms with Gasteiger partial charge in [0.25, 0.3) is 0 Å². The highest BCUT2D eigenvalue weighted by atomic mass is 28.3. The Morgan fingerprint density at radius 1 is 0.667 bits per heavy atom. The maximum Gasteiger partial charge on any atom is 0.0690 e. The van der Waals surface area contributed by atoms with Crippen molar-refractivity contribution in [1.82, 2.24) is 0 Å². The van der Waals surface area contributed by atoms with Crippen molar-refractivity contribution in [3.63, 3.8) is 0 Å². The third-order valence-corrected chi connectivity index (χ3v) is 5.09. The van der Waals surface area contributed by atoms with Gasteiger partial charge < -0.3 is 0 Å². The van der Waals surface area contributed by atoms with Crippen LogP contribution in [0, 0.1) is 0 Å². The summed E-state index contributed by atoms with van der Waals surface area (Å²) >= 11 is 0. The van der Waals surface area contributed by atoms with E-state index in [2.05, 4.69) is 64.5 Å². The van der Waals surface area contributed by atoms with Crippen molar-refractivity contribution in [3.8, 4) is 0 Å². The van der Waals surface area contributed by atoms with Crippen molar-refractivity contribution in [3.05, 3.63) is 22.5 Å². The molecule has 0 bridgehead atoms. The standard InChI is InChI=1S/C16H34Si2/c1-9-11-15(13-17(3,4)5)16(12-10-2)14-18(6,7)8/h13-14H,9-12H2,1-8H3/b15-13+,16-14+. The predicted octanol–water partition coefficient (Wildman–Crippen LogP) is 6.19. The molecule has 0 aromatic carbocycles. The van der Waals surface area contributed by atoms with Crippen LogP contribution in [0.2, 0.25) is 39.3 Å². The van der Waals surface area contributed by atoms with E-state index in [-0.39, 0.29) is 0 Å². The molecule has 0 N–H and O–H groups in total. The summed E-state index contributed by atoms with van der Waals surface area (Å²) in [6.07, 6.45) is 5.06. The Hall–Kier alpha value is -0.0862. The molecule has 2 heteroatoms. The lowest BCUT2D eigenvalue weighted by molar-refractivity contribution is 0.854. The lowest BCUT2D eigenvalue weighted by atomic mass is 10.0. The highest BCUT2D eigenvalue weighted by molar-refractivity contribution is 6.81. The topological polar surface area (TPSA) is 0 Å². The molecule has 0 fully saturated rings. The van der Waals surface area contributed by atoms with Crippen LogP contribution in [0.1, 0.15) is 39.5 Å². The van der Waals surface area contributed by atoms with E-state index < -0.39 is 16.1 Å². The summed E-state index contributed by atoms with van der Waals surface area (Å²) in [7, 11) is -2.22. The predicted molar refractivity (Wildman–Crippen MR) is 92.7 cm³/mol. The van der Waals surface area contributed by atoms with Crippen LogP contribution >= 0.6 is 0 Å². The van der Waals surface area contributed by atoms with E-state index in [1.807, 2.05) is 0 Å². The molecule has 18 heavy (non-hydrogen) atoms. The van der Waals surface area contributed by atoms with Crippen LogP contribution in [0.3, 0.4) is 0 Å². The molecular formula is C16H34Si2. The van der Waals surface area contributed by atoms with Crippen LogP contribution in [0.15, 0.2) is 22.5 Å². The summed E-state index contributed by atoms with van der Waals surface area (Å²) < 4.78 is 0. The molecule has 0 saturated carbocycles. The molecule has 0 saturated heterocycles. The Labute approximate surface area is 118 Å². The number of rotatable bonds is 7. The maximum absolute atomic E-state index is 2.64. The SMILES string of the molecule is CCCC(=C\[Si](C)(C)C)/C(=C/[Si](C)(C)C)CCC. The van der Waals surface area contributed by atoms with Gasteiger partial charge in [-0.05, 0) is 12.8 Å². The Morgan fingerprint density at radius 2 is 0.944 bits per heavy atom. The van der Waals surface area contributed by atoms with Gasteiger partial charge in [0.2, 0.25) is 0 Å². The second kappa shape index (κ2) is 7.49. The van der Waals surface area contributed by atoms with Gasteiger partial charge in [0.1, 0.15) is 0 Å². The van der Waals surface area contributed by atoms with Gasteiger partial charge in [-0.1, -0.05) is 88.5 Å². The first-order valence-electron chi connectivity index (χ1n) is 7.53. The first-order chi connectivity index (χ1) is 8.09. The lowest BCUT2D eigenvalue weighted by Gasteiger charge is -2.20. The van der Waals surface area contributed by atoms with Crippen molar-refractivity contribution in [2.45, 2.75) is 78.8 Å². The van der Waals surface area contributed by atoms with Gasteiger partial charge in [0.15, 0.2) is 0 Å². The summed E-state index contributed by atoms with van der Waals surface area (Å²) in [5.41, 5.74) is 8.61. The van der Waals surface area contributed by atoms with Crippen molar-refractivity contribution in [1.29, 1.82) is 0 Å². The van der Waals surface area contributed by atoms with Crippen LogP contribution in [-0.2, 0) is 0 Å². The van der Waals surface area contributed by atoms with Crippen LogP contribution in [0.4, 0.5) is 0 Å². The Balaban J connectivity index is 5.38. The molecule has 0 rings (SSSR count). The first-order valence-corrected chi connectivity index (χ1v) is 14.7. The Kier molecular flexibility index (Phi) is 7.45. The highest BCUT2D eigenvalue weighted by Crippen LogP contribution is 2.25. The average Bonchev–Trinajstić information content (AvgIpc) is 2.12. The summed E-state index contributed by atoms with van der Waals surface area (Å²) in [6.45, 7) is 19.3. The Bertz CT molecular complexity index is 266. The normalized spacial score (nSPS) is 15.1. The van der Waals surface area contributed by atoms with Crippen LogP contribution in [0.25, 0.3) is 0 Å². The number of allylic oxidation sites excluding steroid dienone is 2. The fraction of sp³-hybridized carbons (Fsp3) is 0.750. The molecule has 0 nitrogen and oxygen atoms in total. The van der Waals surface area contributed by atoms with Crippen molar-refractivity contribution >= 4 is 16.1 Å². The maximum atomic E-state index is 2.64. The molecule has 0 aromatic heterocycles. The zero-order chi connectivity index (χ0) is 14.4. The first kappa shape index (κ1) is 17.9. The fourth-order valence-electron chi connectivity index (χ4n) is 2.23. The molecule has 0 aliphatic rings. The molecule has 0 aliphatic carbocycles. The van der Waals surface area contributed by atoms with Crippen LogP contribution in [0.5, 0.6) is 0 Å². The van der Waals surface area contributed by atoms with E-state index in [1.165, 1.54) is 25.7 Å². The second-order valence-electron chi connectivity index (χ2n) is 7.57. The van der Waals surface area contributed by atoms with Gasteiger partial charge in [-0.2, -0.15) is 0 Å². The van der Waals surface area contributed by atoms with E-state index in [0.29, 0.717) is 0 Å². The quantitative estimate of drug-likeness (QED) is 0.385. The molecule has 0 radical (unpaired) electrons. The van der Waals surface area contributed by atoms with Gasteiger partial charge in [0, 0.05) is 0 Å². The smallest absolute Gasteiger partial charge is 0.0690 e. The van der Waals surface area contributed by atoms with Crippen molar-refractivity contribution < 1.29 is 0 Å². The third kappa shape index (κ3) is 8.93. The minimum Gasteiger partial charge on any atom is -0.0916 e. The largest absolute Gasteiger partial charge is 0.0916 e. The summed E-state index contributed by atoms with van der Waals surface area (Å²) in [5, 5.41) is 0. The summed E-state index contributed by atoms with van der Waals surface area (Å²) in [4.78, 5) is 0. The number of hydrogen-bond acceptors (Lipinski definition) is 0. The molecule has 0 amide bonds. The Morgan fingerprint density at radius 3 is 1.11 bits per heavy atom. The number of hydrogen-bond donors (Lipinski definition) is 0. The van der Waals surface area contributed by atoms with Gasteiger partial charge in [0.05, 0.1) is 16.1 Å². The zero-order valence-corrected chi connectivity index (χ0v) is 16.0. The van der Waals surface area contributed by atoms with E-state index in [0.717, 1.165) is 0 Å². The van der Waals surface area contributed by atoms with Crippen LogP contribution < -0.4 is 0 Å². The van der Waals surface area contributed by atoms with Gasteiger partial charge in [-0.15, -0.1) is 0 Å². The van der Waals surface area contributed by atoms with Gasteiger partial charge >= 0.3 is 0 Å². The van der Waals surface area contributed by atoms with E-state index in [4.69, 9.17) is 0 Å². The second-order valence-corrected chi connectivity index (χ2v) is 17.6. The highest BCUT2D eigenvalue weighted by Gasteiger charge is 2.16. The monoisotopic (exact) mass is 282 g/mol. The molecule has 0 atom stereocenters. The summed E-state index contributed by atoms with van der Waals surface area (Å²) in [6, 6.07) is 0. The van der Waals surface area contributed by atoms with Gasteiger partial charge in [-0.25, -0.2) is 0 Å². The molecule has 0 aliphatic heterocycles.